The standard InChI is InChI=1S/C24H28N2O3S/c1-17(2)19-8-10-20(11-9-19)26-16-23(24(27)25-14-12-18(3)13-15-25)30(28,29)22-7-5-4-6-21(22)26/h4-11,16-18H,12-15H2,1-3H3. The SMILES string of the molecule is CC1CCN(C(=O)C2=CN(c3ccc(C(C)C)cc3)c3ccccc3S2(=O)=O)CC1. The number of nitrogens with zero attached hydrogens (tertiary/aromatic N) is 2. The summed E-state index contributed by atoms with van der Waals surface area (Å²) in [5.41, 5.74) is 2.61. The van der Waals surface area contributed by atoms with E-state index in [1.807, 2.05) is 35.2 Å². The molecule has 1 saturated heterocycles. The molecule has 0 unspecified atom stereocenters. The minimum absolute atomic E-state index is 0.149. The molecule has 2 aliphatic heterocycles. The molecule has 1 amide bonds. The molecule has 0 N–H and O–H groups in total. The Morgan fingerprint density at radius 3 is 2.27 bits per heavy atom. The van der Waals surface area contributed by atoms with Gasteiger partial charge in [-0.2, -0.15) is 0 Å². The molecule has 6 heteroatoms. The number of carbonyl (C=O) groups is 1. The van der Waals surface area contributed by atoms with Crippen LogP contribution in [-0.2, 0) is 14.6 Å². The summed E-state index contributed by atoms with van der Waals surface area (Å²) in [5, 5.41) is 0. The highest BCUT2D eigenvalue weighted by molar-refractivity contribution is 7.96. The van der Waals surface area contributed by atoms with Crippen molar-refractivity contribution in [3.05, 3.63) is 65.2 Å². The maximum Gasteiger partial charge on any atom is 0.267 e. The van der Waals surface area contributed by atoms with Crippen LogP contribution >= 0.6 is 0 Å². The van der Waals surface area contributed by atoms with Gasteiger partial charge in [0.15, 0.2) is 4.91 Å². The molecule has 2 heterocycles. The molecule has 0 atom stereocenters. The normalized spacial score (nSPS) is 18.9. The predicted octanol–water partition coefficient (Wildman–Crippen LogP) is 4.84. The number of likely N-dealkylation sites (tertiary alicyclic amines) is 1. The van der Waals surface area contributed by atoms with Crippen molar-refractivity contribution in [3.63, 3.8) is 0 Å². The van der Waals surface area contributed by atoms with Crippen molar-refractivity contribution in [2.45, 2.75) is 44.4 Å². The number of carbonyl (C=O) groups excluding carboxylic acids is 1. The van der Waals surface area contributed by atoms with Crippen molar-refractivity contribution in [2.24, 2.45) is 5.92 Å². The molecule has 0 aromatic heterocycles. The number of rotatable bonds is 3. The van der Waals surface area contributed by atoms with Gasteiger partial charge >= 0.3 is 0 Å². The van der Waals surface area contributed by atoms with E-state index >= 15 is 0 Å². The highest BCUT2D eigenvalue weighted by atomic mass is 32.2. The van der Waals surface area contributed by atoms with Gasteiger partial charge in [0.25, 0.3) is 5.91 Å². The van der Waals surface area contributed by atoms with E-state index in [4.69, 9.17) is 0 Å². The summed E-state index contributed by atoms with van der Waals surface area (Å²) in [5.74, 6) is 0.560. The lowest BCUT2D eigenvalue weighted by atomic mass is 9.99. The van der Waals surface area contributed by atoms with Crippen molar-refractivity contribution in [2.75, 3.05) is 18.0 Å². The van der Waals surface area contributed by atoms with Crippen LogP contribution in [0.2, 0.25) is 0 Å². The molecule has 2 aromatic rings. The van der Waals surface area contributed by atoms with Crippen molar-refractivity contribution in [1.82, 2.24) is 4.90 Å². The second-order valence-corrected chi connectivity index (χ2v) is 10.4. The molecule has 4 rings (SSSR count). The molecule has 2 aliphatic rings. The van der Waals surface area contributed by atoms with E-state index in [0.717, 1.165) is 18.5 Å². The molecular formula is C24H28N2O3S. The maximum absolute atomic E-state index is 13.3. The largest absolute Gasteiger partial charge is 0.338 e. The third-order valence-corrected chi connectivity index (χ3v) is 7.85. The average Bonchev–Trinajstić information content (AvgIpc) is 2.74. The smallest absolute Gasteiger partial charge is 0.267 e. The quantitative estimate of drug-likeness (QED) is 0.708. The lowest BCUT2D eigenvalue weighted by Crippen LogP contribution is -2.41. The number of sulfone groups is 1. The number of hydrogen-bond donors (Lipinski definition) is 0. The molecule has 0 spiro atoms. The molecular weight excluding hydrogens is 396 g/mol. The van der Waals surface area contributed by atoms with Gasteiger partial charge < -0.3 is 9.80 Å². The second kappa shape index (κ2) is 7.91. The Bertz CT molecular complexity index is 1080. The van der Waals surface area contributed by atoms with Crippen LogP contribution in [0, 0.1) is 5.92 Å². The average molecular weight is 425 g/mol. The summed E-state index contributed by atoms with van der Waals surface area (Å²) in [6, 6.07) is 14.9. The van der Waals surface area contributed by atoms with Gasteiger partial charge in [-0.25, -0.2) is 8.42 Å². The fraction of sp³-hybridized carbons (Fsp3) is 0.375. The Hall–Kier alpha value is -2.60. The van der Waals surface area contributed by atoms with Gasteiger partial charge in [-0.05, 0) is 54.5 Å². The van der Waals surface area contributed by atoms with E-state index in [-0.39, 0.29) is 9.80 Å². The van der Waals surface area contributed by atoms with Gasteiger partial charge in [0.1, 0.15) is 0 Å². The van der Waals surface area contributed by atoms with Crippen LogP contribution in [0.25, 0.3) is 0 Å². The maximum atomic E-state index is 13.3. The third kappa shape index (κ3) is 3.65. The van der Waals surface area contributed by atoms with Crippen LogP contribution < -0.4 is 4.90 Å². The Labute approximate surface area is 178 Å². The Morgan fingerprint density at radius 2 is 1.63 bits per heavy atom. The lowest BCUT2D eigenvalue weighted by Gasteiger charge is -2.33. The van der Waals surface area contributed by atoms with Gasteiger partial charge in [-0.1, -0.05) is 45.0 Å². The van der Waals surface area contributed by atoms with Crippen molar-refractivity contribution in [1.29, 1.82) is 0 Å². The van der Waals surface area contributed by atoms with Crippen molar-refractivity contribution < 1.29 is 13.2 Å². The van der Waals surface area contributed by atoms with Gasteiger partial charge in [0.2, 0.25) is 9.84 Å². The molecule has 2 aromatic carbocycles. The van der Waals surface area contributed by atoms with Gasteiger partial charge in [-0.3, -0.25) is 4.79 Å². The van der Waals surface area contributed by atoms with E-state index in [1.54, 1.807) is 23.1 Å². The monoisotopic (exact) mass is 424 g/mol. The first-order valence-electron chi connectivity index (χ1n) is 10.5. The van der Waals surface area contributed by atoms with Gasteiger partial charge in [0, 0.05) is 25.0 Å². The molecule has 0 saturated carbocycles. The number of piperidine rings is 1. The molecule has 5 nitrogen and oxygen atoms in total. The van der Waals surface area contributed by atoms with Crippen LogP contribution in [0.5, 0.6) is 0 Å². The number of para-hydroxylation sites is 1. The summed E-state index contributed by atoms with van der Waals surface area (Å²) in [7, 11) is -3.88. The number of fused-ring (bicyclic) bond motifs is 1. The first-order chi connectivity index (χ1) is 14.3. The van der Waals surface area contributed by atoms with E-state index in [9.17, 15) is 13.2 Å². The Morgan fingerprint density at radius 1 is 1.00 bits per heavy atom. The highest BCUT2D eigenvalue weighted by Crippen LogP contribution is 2.40. The Kier molecular flexibility index (Phi) is 5.45. The number of hydrogen-bond acceptors (Lipinski definition) is 4. The van der Waals surface area contributed by atoms with Gasteiger partial charge in [0.05, 0.1) is 10.6 Å². The minimum atomic E-state index is -3.88. The number of anilines is 2. The highest BCUT2D eigenvalue weighted by Gasteiger charge is 2.38. The van der Waals surface area contributed by atoms with Crippen LogP contribution in [-0.4, -0.2) is 32.3 Å². The molecule has 1 fully saturated rings. The zero-order chi connectivity index (χ0) is 21.5. The number of benzene rings is 2. The van der Waals surface area contributed by atoms with E-state index in [2.05, 4.69) is 20.8 Å². The van der Waals surface area contributed by atoms with E-state index in [1.165, 1.54) is 11.8 Å². The first kappa shape index (κ1) is 20.7. The second-order valence-electron chi connectivity index (χ2n) is 8.56. The molecule has 0 bridgehead atoms. The first-order valence-corrected chi connectivity index (χ1v) is 12.0. The summed E-state index contributed by atoms with van der Waals surface area (Å²) in [4.78, 5) is 16.8. The molecule has 0 radical (unpaired) electrons. The Balaban J connectivity index is 1.78. The van der Waals surface area contributed by atoms with E-state index < -0.39 is 15.7 Å². The number of amides is 1. The summed E-state index contributed by atoms with van der Waals surface area (Å²) < 4.78 is 26.7. The lowest BCUT2D eigenvalue weighted by molar-refractivity contribution is -0.127. The summed E-state index contributed by atoms with van der Waals surface area (Å²) in [6.45, 7) is 7.62. The van der Waals surface area contributed by atoms with Crippen LogP contribution in [0.15, 0.2) is 64.5 Å². The van der Waals surface area contributed by atoms with Crippen molar-refractivity contribution >= 4 is 27.1 Å². The topological polar surface area (TPSA) is 57.7 Å². The van der Waals surface area contributed by atoms with Crippen molar-refractivity contribution in [3.8, 4) is 0 Å². The van der Waals surface area contributed by atoms with Crippen LogP contribution in [0.3, 0.4) is 0 Å². The summed E-state index contributed by atoms with van der Waals surface area (Å²) in [6.07, 6.45) is 3.30. The molecule has 158 valence electrons. The summed E-state index contributed by atoms with van der Waals surface area (Å²) >= 11 is 0. The van der Waals surface area contributed by atoms with Gasteiger partial charge in [-0.15, -0.1) is 0 Å². The van der Waals surface area contributed by atoms with Crippen LogP contribution in [0.1, 0.15) is 45.1 Å². The minimum Gasteiger partial charge on any atom is -0.338 e. The van der Waals surface area contributed by atoms with E-state index in [0.29, 0.717) is 30.6 Å². The fourth-order valence-electron chi connectivity index (χ4n) is 4.03. The third-order valence-electron chi connectivity index (χ3n) is 6.07. The zero-order valence-electron chi connectivity index (χ0n) is 17.7. The molecule has 30 heavy (non-hydrogen) atoms. The molecule has 0 aliphatic carbocycles. The van der Waals surface area contributed by atoms with Crippen LogP contribution in [0.4, 0.5) is 11.4 Å². The fourth-order valence-corrected chi connectivity index (χ4v) is 5.57. The zero-order valence-corrected chi connectivity index (χ0v) is 18.5. The predicted molar refractivity (Wildman–Crippen MR) is 119 cm³/mol.